The number of rotatable bonds is 2. The Hall–Kier alpha value is -1.42. The lowest BCUT2D eigenvalue weighted by atomic mass is 9.88. The molecule has 0 aliphatic heterocycles. The van der Waals surface area contributed by atoms with Crippen LogP contribution in [0.2, 0.25) is 0 Å². The van der Waals surface area contributed by atoms with Gasteiger partial charge < -0.3 is 5.73 Å². The predicted octanol–water partition coefficient (Wildman–Crippen LogP) is 2.70. The third-order valence-corrected chi connectivity index (χ3v) is 4.12. The van der Waals surface area contributed by atoms with Crippen LogP contribution in [0.25, 0.3) is 5.52 Å². The van der Waals surface area contributed by atoms with Gasteiger partial charge in [0.2, 0.25) is 0 Å². The summed E-state index contributed by atoms with van der Waals surface area (Å²) in [6.07, 6.45) is 15.2. The van der Waals surface area contributed by atoms with Crippen molar-refractivity contribution < 1.29 is 0 Å². The van der Waals surface area contributed by atoms with E-state index in [1.54, 1.807) is 6.20 Å². The molecule has 4 nitrogen and oxygen atoms in total. The molecular formula is C14H20N4. The van der Waals surface area contributed by atoms with Gasteiger partial charge in [0.25, 0.3) is 0 Å². The summed E-state index contributed by atoms with van der Waals surface area (Å²) in [5.74, 6) is 0.598. The summed E-state index contributed by atoms with van der Waals surface area (Å²) >= 11 is 0. The van der Waals surface area contributed by atoms with Crippen molar-refractivity contribution in [1.29, 1.82) is 0 Å². The molecule has 2 heterocycles. The van der Waals surface area contributed by atoms with Gasteiger partial charge in [-0.25, -0.2) is 4.52 Å². The number of hydrogen-bond acceptors (Lipinski definition) is 3. The van der Waals surface area contributed by atoms with E-state index in [1.165, 1.54) is 38.5 Å². The number of nitrogens with zero attached hydrogens (tertiary/aromatic N) is 3. The largest absolute Gasteiger partial charge is 0.324 e. The molecule has 18 heavy (non-hydrogen) atoms. The summed E-state index contributed by atoms with van der Waals surface area (Å²) in [5.41, 5.74) is 8.67. The van der Waals surface area contributed by atoms with Crippen LogP contribution in [0.5, 0.6) is 0 Å². The van der Waals surface area contributed by atoms with Crippen molar-refractivity contribution in [3.8, 4) is 0 Å². The first-order valence-electron chi connectivity index (χ1n) is 6.89. The van der Waals surface area contributed by atoms with Crippen LogP contribution in [0.15, 0.2) is 24.8 Å². The van der Waals surface area contributed by atoms with Crippen LogP contribution in [0, 0.1) is 5.92 Å². The van der Waals surface area contributed by atoms with Crippen LogP contribution >= 0.6 is 0 Å². The summed E-state index contributed by atoms with van der Waals surface area (Å²) < 4.78 is 1.86. The Morgan fingerprint density at radius 1 is 1.17 bits per heavy atom. The summed E-state index contributed by atoms with van der Waals surface area (Å²) in [6.45, 7) is 0. The number of hydrogen-bond donors (Lipinski definition) is 1. The molecule has 2 N–H and O–H groups in total. The minimum absolute atomic E-state index is 0.102. The Balaban J connectivity index is 1.88. The highest BCUT2D eigenvalue weighted by atomic mass is 15.2. The molecule has 3 rings (SSSR count). The standard InChI is InChI=1S/C14H20N4/c15-14(11-5-3-1-2-4-6-11)12-9-17-18-8-7-16-10-13(12)18/h7-11,14H,1-6,15H2. The quantitative estimate of drug-likeness (QED) is 0.826. The van der Waals surface area contributed by atoms with Crippen LogP contribution in [-0.4, -0.2) is 14.6 Å². The van der Waals surface area contributed by atoms with Gasteiger partial charge in [0.05, 0.1) is 17.9 Å². The molecule has 0 saturated heterocycles. The molecule has 0 spiro atoms. The zero-order valence-electron chi connectivity index (χ0n) is 10.6. The SMILES string of the molecule is NC(c1cnn2ccncc12)C1CCCCCC1. The Morgan fingerprint density at radius 2 is 1.94 bits per heavy atom. The van der Waals surface area contributed by atoms with E-state index in [9.17, 15) is 0 Å². The normalized spacial score (nSPS) is 19.8. The molecule has 96 valence electrons. The second-order valence-corrected chi connectivity index (χ2v) is 5.28. The molecule has 1 unspecified atom stereocenters. The topological polar surface area (TPSA) is 56.2 Å². The van der Waals surface area contributed by atoms with Crippen molar-refractivity contribution in [3.63, 3.8) is 0 Å². The number of nitrogens with two attached hydrogens (primary N) is 1. The van der Waals surface area contributed by atoms with Crippen molar-refractivity contribution in [2.24, 2.45) is 11.7 Å². The van der Waals surface area contributed by atoms with E-state index in [4.69, 9.17) is 5.73 Å². The highest BCUT2D eigenvalue weighted by Crippen LogP contribution is 2.33. The van der Waals surface area contributed by atoms with Crippen LogP contribution in [0.1, 0.15) is 50.1 Å². The molecule has 1 atom stereocenters. The fourth-order valence-electron chi connectivity index (χ4n) is 3.03. The molecule has 1 saturated carbocycles. The van der Waals surface area contributed by atoms with Gasteiger partial charge in [-0.3, -0.25) is 4.98 Å². The zero-order valence-corrected chi connectivity index (χ0v) is 10.6. The molecule has 0 radical (unpaired) electrons. The highest BCUT2D eigenvalue weighted by molar-refractivity contribution is 5.53. The van der Waals surface area contributed by atoms with Gasteiger partial charge in [-0.15, -0.1) is 0 Å². The second kappa shape index (κ2) is 5.06. The second-order valence-electron chi connectivity index (χ2n) is 5.28. The van der Waals surface area contributed by atoms with Crippen LogP contribution < -0.4 is 5.73 Å². The maximum Gasteiger partial charge on any atom is 0.0892 e. The molecule has 1 aliphatic carbocycles. The van der Waals surface area contributed by atoms with E-state index >= 15 is 0 Å². The van der Waals surface area contributed by atoms with Gasteiger partial charge in [-0.2, -0.15) is 5.10 Å². The van der Waals surface area contributed by atoms with Crippen molar-refractivity contribution in [3.05, 3.63) is 30.4 Å². The molecule has 2 aromatic rings. The summed E-state index contributed by atoms with van der Waals surface area (Å²) in [6, 6.07) is 0.102. The maximum absolute atomic E-state index is 6.47. The van der Waals surface area contributed by atoms with Gasteiger partial charge >= 0.3 is 0 Å². The Morgan fingerprint density at radius 3 is 2.72 bits per heavy atom. The van der Waals surface area contributed by atoms with Crippen molar-refractivity contribution in [2.75, 3.05) is 0 Å². The van der Waals surface area contributed by atoms with Crippen LogP contribution in [-0.2, 0) is 0 Å². The molecule has 0 amide bonds. The fourth-order valence-corrected chi connectivity index (χ4v) is 3.03. The minimum Gasteiger partial charge on any atom is -0.324 e. The third-order valence-electron chi connectivity index (χ3n) is 4.12. The Labute approximate surface area is 107 Å². The highest BCUT2D eigenvalue weighted by Gasteiger charge is 2.23. The molecule has 2 aromatic heterocycles. The van der Waals surface area contributed by atoms with Crippen LogP contribution in [0.4, 0.5) is 0 Å². The first-order chi connectivity index (χ1) is 8.86. The zero-order chi connectivity index (χ0) is 12.4. The average molecular weight is 244 g/mol. The molecule has 1 aliphatic rings. The monoisotopic (exact) mass is 244 g/mol. The van der Waals surface area contributed by atoms with E-state index in [2.05, 4.69) is 10.1 Å². The summed E-state index contributed by atoms with van der Waals surface area (Å²) in [7, 11) is 0. The van der Waals surface area contributed by atoms with E-state index in [1.807, 2.05) is 23.1 Å². The number of aromatic nitrogens is 3. The van der Waals surface area contributed by atoms with E-state index in [-0.39, 0.29) is 6.04 Å². The lowest BCUT2D eigenvalue weighted by Gasteiger charge is -2.21. The lowest BCUT2D eigenvalue weighted by Crippen LogP contribution is -2.21. The number of fused-ring (bicyclic) bond motifs is 1. The molecule has 4 heteroatoms. The average Bonchev–Trinajstić information content (AvgIpc) is 2.65. The molecule has 0 bridgehead atoms. The molecule has 1 fully saturated rings. The van der Waals surface area contributed by atoms with Gasteiger partial charge in [-0.05, 0) is 18.8 Å². The van der Waals surface area contributed by atoms with Crippen molar-refractivity contribution in [2.45, 2.75) is 44.6 Å². The first-order valence-corrected chi connectivity index (χ1v) is 6.89. The predicted molar refractivity (Wildman–Crippen MR) is 71.1 cm³/mol. The Bertz CT molecular complexity index is 511. The lowest BCUT2D eigenvalue weighted by molar-refractivity contribution is 0.384. The van der Waals surface area contributed by atoms with E-state index in [0.29, 0.717) is 5.92 Å². The van der Waals surface area contributed by atoms with E-state index < -0.39 is 0 Å². The van der Waals surface area contributed by atoms with Gasteiger partial charge in [0.1, 0.15) is 0 Å². The molecule has 0 aromatic carbocycles. The van der Waals surface area contributed by atoms with Crippen molar-refractivity contribution >= 4 is 5.52 Å². The maximum atomic E-state index is 6.47. The van der Waals surface area contributed by atoms with Gasteiger partial charge in [0, 0.05) is 24.0 Å². The fraction of sp³-hybridized carbons (Fsp3) is 0.571. The minimum atomic E-state index is 0.102. The van der Waals surface area contributed by atoms with Gasteiger partial charge in [-0.1, -0.05) is 25.7 Å². The summed E-state index contributed by atoms with van der Waals surface area (Å²) in [5, 5.41) is 4.35. The Kier molecular flexibility index (Phi) is 3.28. The third kappa shape index (κ3) is 2.12. The summed E-state index contributed by atoms with van der Waals surface area (Å²) in [4.78, 5) is 4.18. The smallest absolute Gasteiger partial charge is 0.0892 e. The van der Waals surface area contributed by atoms with E-state index in [0.717, 1.165) is 11.1 Å². The first kappa shape index (κ1) is 11.7. The molecular weight excluding hydrogens is 224 g/mol. The van der Waals surface area contributed by atoms with Crippen LogP contribution in [0.3, 0.4) is 0 Å². The van der Waals surface area contributed by atoms with Crippen molar-refractivity contribution in [1.82, 2.24) is 14.6 Å². The van der Waals surface area contributed by atoms with Gasteiger partial charge in [0.15, 0.2) is 0 Å².